The fourth-order valence-electron chi connectivity index (χ4n) is 3.70. The number of rotatable bonds is 5. The predicted octanol–water partition coefficient (Wildman–Crippen LogP) is 3.65. The Morgan fingerprint density at radius 3 is 2.71 bits per heavy atom. The van der Waals surface area contributed by atoms with E-state index in [2.05, 4.69) is 33.7 Å². The molecule has 146 valence electrons. The first-order valence-electron chi connectivity index (χ1n) is 9.83. The molecule has 2 aromatic carbocycles. The molecule has 0 aromatic heterocycles. The second kappa shape index (κ2) is 8.80. The normalized spacial score (nSPS) is 16.9. The van der Waals surface area contributed by atoms with E-state index in [1.54, 1.807) is 17.8 Å². The van der Waals surface area contributed by atoms with Crippen LogP contribution in [-0.2, 0) is 17.9 Å². The Balaban J connectivity index is 1.43. The molecule has 5 nitrogen and oxygen atoms in total. The molecule has 0 radical (unpaired) electrons. The Morgan fingerprint density at radius 2 is 1.89 bits per heavy atom. The fraction of sp³-hybridized carbons (Fsp3) is 0.364. The number of carbonyl (C=O) groups excluding carboxylic acids is 2. The molecule has 0 bridgehead atoms. The zero-order valence-electron chi connectivity index (χ0n) is 15.9. The predicted molar refractivity (Wildman–Crippen MR) is 113 cm³/mol. The van der Waals surface area contributed by atoms with Crippen LogP contribution in [0.25, 0.3) is 0 Å². The Kier molecular flexibility index (Phi) is 5.98. The van der Waals surface area contributed by atoms with E-state index in [-0.39, 0.29) is 11.8 Å². The molecule has 2 aliphatic rings. The number of anilines is 1. The molecule has 1 fully saturated rings. The molecule has 6 heteroatoms. The van der Waals surface area contributed by atoms with Gasteiger partial charge >= 0.3 is 0 Å². The molecule has 2 N–H and O–H groups in total. The van der Waals surface area contributed by atoms with Gasteiger partial charge in [0, 0.05) is 35.7 Å². The minimum Gasteiger partial charge on any atom is -0.348 e. The minimum atomic E-state index is -0.123. The van der Waals surface area contributed by atoms with Crippen molar-refractivity contribution >= 4 is 29.3 Å². The molecule has 0 spiro atoms. The molecule has 2 aliphatic heterocycles. The number of amides is 2. The highest BCUT2D eigenvalue weighted by Crippen LogP contribution is 2.31. The lowest BCUT2D eigenvalue weighted by Crippen LogP contribution is -2.25. The summed E-state index contributed by atoms with van der Waals surface area (Å²) in [6, 6.07) is 13.8. The second-order valence-corrected chi connectivity index (χ2v) is 8.43. The maximum atomic E-state index is 12.7. The van der Waals surface area contributed by atoms with Gasteiger partial charge < -0.3 is 10.6 Å². The molecule has 0 unspecified atom stereocenters. The van der Waals surface area contributed by atoms with Crippen LogP contribution < -0.4 is 10.6 Å². The van der Waals surface area contributed by atoms with Crippen LogP contribution in [0.2, 0.25) is 0 Å². The first kappa shape index (κ1) is 19.0. The van der Waals surface area contributed by atoms with Crippen molar-refractivity contribution in [3.63, 3.8) is 0 Å². The molecule has 0 aliphatic carbocycles. The van der Waals surface area contributed by atoms with E-state index in [1.165, 1.54) is 18.4 Å². The highest BCUT2D eigenvalue weighted by molar-refractivity contribution is 7.99. The number of benzene rings is 2. The van der Waals surface area contributed by atoms with Gasteiger partial charge in [-0.15, -0.1) is 11.8 Å². The number of carbonyl (C=O) groups is 2. The van der Waals surface area contributed by atoms with Gasteiger partial charge in [0.2, 0.25) is 5.91 Å². The van der Waals surface area contributed by atoms with Crippen LogP contribution in [0.5, 0.6) is 0 Å². The molecule has 0 saturated carbocycles. The highest BCUT2D eigenvalue weighted by Gasteiger charge is 2.17. The van der Waals surface area contributed by atoms with Crippen molar-refractivity contribution in [3.05, 3.63) is 59.2 Å². The zero-order valence-corrected chi connectivity index (χ0v) is 16.7. The lowest BCUT2D eigenvalue weighted by molar-refractivity contribution is -0.115. The first-order valence-corrected chi connectivity index (χ1v) is 10.8. The largest absolute Gasteiger partial charge is 0.348 e. The van der Waals surface area contributed by atoms with Crippen LogP contribution in [0.15, 0.2) is 47.4 Å². The molecule has 1 saturated heterocycles. The molecular weight excluding hydrogens is 370 g/mol. The SMILES string of the molecule is O=C1CCSc2ccc(C(=O)NCc3ccccc3CN3CCCC3)cc2N1. The number of fused-ring (bicyclic) bond motifs is 1. The molecule has 0 atom stereocenters. The molecule has 2 heterocycles. The number of hydrogen-bond donors (Lipinski definition) is 2. The van der Waals surface area contributed by atoms with Crippen LogP contribution in [0, 0.1) is 0 Å². The quantitative estimate of drug-likeness (QED) is 0.811. The van der Waals surface area contributed by atoms with Gasteiger partial charge in [0.1, 0.15) is 0 Å². The maximum absolute atomic E-state index is 12.7. The van der Waals surface area contributed by atoms with Gasteiger partial charge in [0.15, 0.2) is 0 Å². The summed E-state index contributed by atoms with van der Waals surface area (Å²) in [6.45, 7) is 3.74. The van der Waals surface area contributed by atoms with Crippen LogP contribution in [0.4, 0.5) is 5.69 Å². The van der Waals surface area contributed by atoms with E-state index >= 15 is 0 Å². The number of hydrogen-bond acceptors (Lipinski definition) is 4. The van der Waals surface area contributed by atoms with Crippen molar-refractivity contribution in [2.24, 2.45) is 0 Å². The van der Waals surface area contributed by atoms with Crippen LogP contribution in [0.1, 0.15) is 40.7 Å². The number of thioether (sulfide) groups is 1. The van der Waals surface area contributed by atoms with E-state index < -0.39 is 0 Å². The Morgan fingerprint density at radius 1 is 1.11 bits per heavy atom. The average Bonchev–Trinajstić information content (AvgIpc) is 3.13. The van der Waals surface area contributed by atoms with Gasteiger partial charge in [-0.1, -0.05) is 24.3 Å². The highest BCUT2D eigenvalue weighted by atomic mass is 32.2. The Hall–Kier alpha value is -2.31. The minimum absolute atomic E-state index is 0.000326. The van der Waals surface area contributed by atoms with Crippen LogP contribution in [-0.4, -0.2) is 35.6 Å². The standard InChI is InChI=1S/C22H25N3O2S/c26-21-9-12-28-20-8-7-16(13-19(20)24-21)22(27)23-14-17-5-1-2-6-18(17)15-25-10-3-4-11-25/h1-2,5-8,13H,3-4,9-12,14-15H2,(H,23,27)(H,24,26). The topological polar surface area (TPSA) is 61.4 Å². The van der Waals surface area contributed by atoms with Crippen LogP contribution >= 0.6 is 11.8 Å². The smallest absolute Gasteiger partial charge is 0.251 e. The third-order valence-electron chi connectivity index (χ3n) is 5.25. The van der Waals surface area contributed by atoms with Gasteiger partial charge in [-0.3, -0.25) is 14.5 Å². The van der Waals surface area contributed by atoms with Crippen LogP contribution in [0.3, 0.4) is 0 Å². The second-order valence-electron chi connectivity index (χ2n) is 7.29. The monoisotopic (exact) mass is 395 g/mol. The number of likely N-dealkylation sites (tertiary alicyclic amines) is 1. The van der Waals surface area contributed by atoms with Crippen molar-refractivity contribution in [2.45, 2.75) is 37.2 Å². The lowest BCUT2D eigenvalue weighted by Gasteiger charge is -2.18. The lowest BCUT2D eigenvalue weighted by atomic mass is 10.1. The van der Waals surface area contributed by atoms with E-state index in [4.69, 9.17) is 0 Å². The summed E-state index contributed by atoms with van der Waals surface area (Å²) in [5, 5.41) is 5.93. The molecule has 2 aromatic rings. The van der Waals surface area contributed by atoms with Gasteiger partial charge in [-0.25, -0.2) is 0 Å². The van der Waals surface area contributed by atoms with Crippen molar-refractivity contribution < 1.29 is 9.59 Å². The van der Waals surface area contributed by atoms with E-state index in [1.807, 2.05) is 18.2 Å². The third-order valence-corrected chi connectivity index (χ3v) is 6.33. The van der Waals surface area contributed by atoms with E-state index in [0.29, 0.717) is 18.5 Å². The maximum Gasteiger partial charge on any atom is 0.251 e. The summed E-state index contributed by atoms with van der Waals surface area (Å²) in [5.41, 5.74) is 3.73. The summed E-state index contributed by atoms with van der Waals surface area (Å²) in [6.07, 6.45) is 3.03. The zero-order chi connectivity index (χ0) is 19.3. The average molecular weight is 396 g/mol. The number of nitrogens with one attached hydrogen (secondary N) is 2. The van der Waals surface area contributed by atoms with Crippen molar-refractivity contribution in [2.75, 3.05) is 24.2 Å². The number of nitrogens with zero attached hydrogens (tertiary/aromatic N) is 1. The van der Waals surface area contributed by atoms with Gasteiger partial charge in [-0.2, -0.15) is 0 Å². The van der Waals surface area contributed by atoms with Crippen molar-refractivity contribution in [1.29, 1.82) is 0 Å². The summed E-state index contributed by atoms with van der Waals surface area (Å²) < 4.78 is 0. The van der Waals surface area contributed by atoms with Gasteiger partial charge in [0.05, 0.1) is 5.69 Å². The van der Waals surface area contributed by atoms with Gasteiger partial charge in [-0.05, 0) is 55.3 Å². The summed E-state index contributed by atoms with van der Waals surface area (Å²) in [7, 11) is 0. The fourth-order valence-corrected chi connectivity index (χ4v) is 4.64. The first-order chi connectivity index (χ1) is 13.7. The summed E-state index contributed by atoms with van der Waals surface area (Å²) in [4.78, 5) is 28.0. The third kappa shape index (κ3) is 4.56. The van der Waals surface area contributed by atoms with E-state index in [9.17, 15) is 9.59 Å². The molecule has 28 heavy (non-hydrogen) atoms. The Bertz CT molecular complexity index is 878. The Labute approximate surface area is 169 Å². The summed E-state index contributed by atoms with van der Waals surface area (Å²) in [5.74, 6) is 0.639. The van der Waals surface area contributed by atoms with Crippen molar-refractivity contribution in [1.82, 2.24) is 10.2 Å². The molecular formula is C22H25N3O2S. The summed E-state index contributed by atoms with van der Waals surface area (Å²) >= 11 is 1.64. The molecule has 2 amide bonds. The van der Waals surface area contributed by atoms with Gasteiger partial charge in [0.25, 0.3) is 5.91 Å². The van der Waals surface area contributed by atoms with Crippen molar-refractivity contribution in [3.8, 4) is 0 Å². The van der Waals surface area contributed by atoms with E-state index in [0.717, 1.165) is 41.5 Å². The molecule has 4 rings (SSSR count).